The van der Waals surface area contributed by atoms with Gasteiger partial charge in [-0.3, -0.25) is 29.7 Å². The number of amides is 3. The largest absolute Gasteiger partial charge is 0.446 e. The van der Waals surface area contributed by atoms with Crippen LogP contribution in [0.5, 0.6) is 0 Å². The summed E-state index contributed by atoms with van der Waals surface area (Å²) in [7, 11) is 0. The Labute approximate surface area is 225 Å². The Morgan fingerprint density at radius 3 is 2.75 bits per heavy atom. The summed E-state index contributed by atoms with van der Waals surface area (Å²) in [5.74, 6) is -2.71. The number of benzene rings is 1. The highest BCUT2D eigenvalue weighted by atomic mass is 19.1. The van der Waals surface area contributed by atoms with E-state index in [1.54, 1.807) is 17.9 Å². The van der Waals surface area contributed by atoms with Gasteiger partial charge in [-0.25, -0.2) is 14.1 Å². The van der Waals surface area contributed by atoms with Crippen LogP contribution in [0.4, 0.5) is 20.7 Å². The highest BCUT2D eigenvalue weighted by Gasteiger charge is 2.62. The first-order valence-corrected chi connectivity index (χ1v) is 12.8. The zero-order valence-corrected chi connectivity index (χ0v) is 21.4. The third kappa shape index (κ3) is 3.25. The fourth-order valence-corrected chi connectivity index (χ4v) is 6.66. The van der Waals surface area contributed by atoms with Crippen molar-refractivity contribution in [3.05, 3.63) is 41.7 Å². The Bertz CT molecular complexity index is 1590. The number of ketones is 1. The monoisotopic (exact) mass is 550 g/mol. The smallest absolute Gasteiger partial charge is 0.416 e. The van der Waals surface area contributed by atoms with Crippen LogP contribution in [0.3, 0.4) is 0 Å². The molecule has 7 rings (SSSR count). The van der Waals surface area contributed by atoms with Crippen LogP contribution < -0.4 is 15.1 Å². The minimum absolute atomic E-state index is 0.00402. The number of piperidine rings is 1. The van der Waals surface area contributed by atoms with Crippen molar-refractivity contribution in [3.63, 3.8) is 0 Å². The van der Waals surface area contributed by atoms with E-state index in [9.17, 15) is 19.2 Å². The van der Waals surface area contributed by atoms with Crippen molar-refractivity contribution in [2.75, 3.05) is 23.0 Å². The Morgan fingerprint density at radius 2 is 2.00 bits per heavy atom. The predicted octanol–water partition coefficient (Wildman–Crippen LogP) is 1.60. The standard InChI is InChI=1S/C26H23FN6O7/c1-11-9-32-20-13(7-26(22(32)12(2)39-11)17(34)6-18(35)30-24(26)36)5-14-21(19(20)27)40-31-23(14)33-16(10-38-25(33)37)15-8-28-3-4-29-15/h3-5,8,11-12,16,22H,6-7,9-10H2,1-2H3,(H,30,35,36)/t11-,12+,16+,22-,26?/m1/s1. The van der Waals surface area contributed by atoms with E-state index < -0.39 is 59.5 Å². The Kier molecular flexibility index (Phi) is 5.23. The maximum Gasteiger partial charge on any atom is 0.416 e. The Morgan fingerprint density at radius 1 is 1.18 bits per heavy atom. The summed E-state index contributed by atoms with van der Waals surface area (Å²) in [4.78, 5) is 63.1. The van der Waals surface area contributed by atoms with Gasteiger partial charge in [0.1, 0.15) is 18.1 Å². The SMILES string of the molecule is C[C@@H]1CN2c3c(cc4c(N5C(=O)OC[C@H]5c5cnccn5)noc4c3F)CC3(C(=O)CC(=O)NC3=O)[C@H]2[C@H](C)O1. The molecule has 40 heavy (non-hydrogen) atoms. The molecule has 1 unspecified atom stereocenters. The number of nitrogens with one attached hydrogen (secondary N) is 1. The molecule has 1 spiro atoms. The van der Waals surface area contributed by atoms with Gasteiger partial charge in [0.2, 0.25) is 17.4 Å². The molecule has 1 aromatic carbocycles. The quantitative estimate of drug-likeness (QED) is 0.365. The molecule has 3 saturated heterocycles. The van der Waals surface area contributed by atoms with Crippen LogP contribution in [0.15, 0.2) is 29.2 Å². The summed E-state index contributed by atoms with van der Waals surface area (Å²) in [5.41, 5.74) is -0.932. The summed E-state index contributed by atoms with van der Waals surface area (Å²) < 4.78 is 33.1. The number of aromatic nitrogens is 3. The molecule has 4 aliphatic rings. The Balaban J connectivity index is 1.42. The second-order valence-corrected chi connectivity index (χ2v) is 10.5. The zero-order valence-electron chi connectivity index (χ0n) is 21.4. The van der Waals surface area contributed by atoms with Crippen molar-refractivity contribution in [2.45, 2.75) is 51.0 Å². The summed E-state index contributed by atoms with van der Waals surface area (Å²) >= 11 is 0. The highest BCUT2D eigenvalue weighted by molar-refractivity contribution is 6.22. The van der Waals surface area contributed by atoms with E-state index in [-0.39, 0.29) is 48.2 Å². The molecule has 0 bridgehead atoms. The van der Waals surface area contributed by atoms with Gasteiger partial charge in [-0.2, -0.15) is 0 Å². The molecular weight excluding hydrogens is 527 g/mol. The van der Waals surface area contributed by atoms with E-state index in [0.717, 1.165) is 0 Å². The lowest BCUT2D eigenvalue weighted by Gasteiger charge is -2.55. The van der Waals surface area contributed by atoms with E-state index in [2.05, 4.69) is 20.4 Å². The zero-order chi connectivity index (χ0) is 27.9. The van der Waals surface area contributed by atoms with Gasteiger partial charge in [-0.1, -0.05) is 5.16 Å². The summed E-state index contributed by atoms with van der Waals surface area (Å²) in [6.07, 6.45) is 2.10. The van der Waals surface area contributed by atoms with Crippen LogP contribution in [-0.4, -0.2) is 70.2 Å². The first-order valence-electron chi connectivity index (χ1n) is 12.8. The number of anilines is 2. The normalized spacial score (nSPS) is 30.0. The molecule has 0 aliphatic carbocycles. The molecule has 3 amide bonds. The molecule has 1 N–H and O–H groups in total. The van der Waals surface area contributed by atoms with Crippen LogP contribution in [0.25, 0.3) is 11.0 Å². The van der Waals surface area contributed by atoms with Gasteiger partial charge < -0.3 is 18.9 Å². The molecule has 3 fully saturated rings. The van der Waals surface area contributed by atoms with Crippen molar-refractivity contribution >= 4 is 46.2 Å². The first kappa shape index (κ1) is 24.6. The lowest BCUT2D eigenvalue weighted by atomic mass is 9.63. The van der Waals surface area contributed by atoms with Crippen LogP contribution in [0, 0.1) is 11.2 Å². The number of hydrogen-bond acceptors (Lipinski definition) is 11. The van der Waals surface area contributed by atoms with E-state index >= 15 is 4.39 Å². The molecular formula is C26H23FN6O7. The number of hydrogen-bond donors (Lipinski definition) is 1. The van der Waals surface area contributed by atoms with Crippen molar-refractivity contribution in [1.29, 1.82) is 0 Å². The second kappa shape index (κ2) is 8.52. The van der Waals surface area contributed by atoms with E-state index in [1.165, 1.54) is 23.5 Å². The minimum Gasteiger partial charge on any atom is -0.446 e. The summed E-state index contributed by atoms with van der Waals surface area (Å²) in [5, 5.41) is 6.51. The van der Waals surface area contributed by atoms with Crippen LogP contribution in [0.2, 0.25) is 0 Å². The van der Waals surface area contributed by atoms with E-state index in [1.807, 2.05) is 6.92 Å². The number of fused-ring (bicyclic) bond motifs is 5. The molecule has 6 heterocycles. The van der Waals surface area contributed by atoms with Gasteiger partial charge in [-0.05, 0) is 31.9 Å². The third-order valence-corrected chi connectivity index (χ3v) is 8.18. The number of carbonyl (C=O) groups is 4. The maximum absolute atomic E-state index is 16.4. The third-order valence-electron chi connectivity index (χ3n) is 8.18. The lowest BCUT2D eigenvalue weighted by molar-refractivity contribution is -0.158. The van der Waals surface area contributed by atoms with Crippen LogP contribution in [-0.2, 0) is 30.3 Å². The summed E-state index contributed by atoms with van der Waals surface area (Å²) in [6, 6.07) is 0.0290. The Hall–Kier alpha value is -4.46. The fourth-order valence-electron chi connectivity index (χ4n) is 6.66. The number of imide groups is 1. The number of cyclic esters (lactones) is 1. The average Bonchev–Trinajstić information content (AvgIpc) is 3.50. The number of rotatable bonds is 2. The molecule has 206 valence electrons. The van der Waals surface area contributed by atoms with Gasteiger partial charge >= 0.3 is 6.09 Å². The molecule has 5 atom stereocenters. The number of Topliss-reactive ketones (excluding diaryl/α,β-unsaturated/α-hetero) is 1. The van der Waals surface area contributed by atoms with Gasteiger partial charge in [0.15, 0.2) is 17.4 Å². The molecule has 0 saturated carbocycles. The highest BCUT2D eigenvalue weighted by Crippen LogP contribution is 2.51. The first-order chi connectivity index (χ1) is 19.2. The van der Waals surface area contributed by atoms with Crippen molar-refractivity contribution < 1.29 is 37.6 Å². The predicted molar refractivity (Wildman–Crippen MR) is 133 cm³/mol. The summed E-state index contributed by atoms with van der Waals surface area (Å²) in [6.45, 7) is 3.70. The average molecular weight is 551 g/mol. The molecule has 0 radical (unpaired) electrons. The van der Waals surface area contributed by atoms with Crippen LogP contribution >= 0.6 is 0 Å². The van der Waals surface area contributed by atoms with Crippen molar-refractivity contribution in [2.24, 2.45) is 5.41 Å². The van der Waals surface area contributed by atoms with Crippen molar-refractivity contribution in [1.82, 2.24) is 20.4 Å². The number of nitrogens with zero attached hydrogens (tertiary/aromatic N) is 5. The number of carbonyl (C=O) groups excluding carboxylic acids is 4. The fraction of sp³-hybridized carbons (Fsp3) is 0.423. The topological polar surface area (TPSA) is 157 Å². The lowest BCUT2D eigenvalue weighted by Crippen LogP contribution is -2.72. The number of halogens is 1. The van der Waals surface area contributed by atoms with Gasteiger partial charge in [0.05, 0.1) is 47.6 Å². The molecule has 3 aromatic rings. The number of ether oxygens (including phenoxy) is 2. The number of morpholine rings is 1. The molecule has 13 nitrogen and oxygen atoms in total. The maximum atomic E-state index is 16.4. The molecule has 2 aromatic heterocycles. The van der Waals surface area contributed by atoms with Gasteiger partial charge in [0, 0.05) is 18.9 Å². The van der Waals surface area contributed by atoms with Gasteiger partial charge in [0.25, 0.3) is 0 Å². The molecule has 4 aliphatic heterocycles. The van der Waals surface area contributed by atoms with E-state index in [0.29, 0.717) is 11.3 Å². The van der Waals surface area contributed by atoms with Gasteiger partial charge in [-0.15, -0.1) is 0 Å². The van der Waals surface area contributed by atoms with Crippen molar-refractivity contribution in [3.8, 4) is 0 Å². The van der Waals surface area contributed by atoms with E-state index in [4.69, 9.17) is 14.0 Å². The minimum atomic E-state index is -1.69. The second-order valence-electron chi connectivity index (χ2n) is 10.5. The van der Waals surface area contributed by atoms with Crippen LogP contribution in [0.1, 0.15) is 37.6 Å². The molecule has 14 heteroatoms.